The Labute approximate surface area is 38.9 Å². The lowest BCUT2D eigenvalue weighted by molar-refractivity contribution is 0.762. The standard InChI is InChI=1S/C4H8N2/c1-5-3-4-6-2/h1-2,5-6H,3-4H2. The summed E-state index contributed by atoms with van der Waals surface area (Å²) in [5.74, 6) is 0. The van der Waals surface area contributed by atoms with Crippen molar-refractivity contribution in [2.24, 2.45) is 0 Å². The fraction of sp³-hybridized carbons (Fsp3) is 0.500. The SMILES string of the molecule is [CH]NCCN[CH]. The van der Waals surface area contributed by atoms with Gasteiger partial charge in [-0.05, 0) is 0 Å². The minimum absolute atomic E-state index is 0.705. The lowest BCUT2D eigenvalue weighted by Gasteiger charge is -1.91. The predicted octanol–water partition coefficient (Wildman–Crippen LogP) is -0.497. The number of rotatable bonds is 3. The molecule has 34 valence electrons. The first-order valence-corrected chi connectivity index (χ1v) is 1.78. The molecule has 2 heteroatoms. The third-order valence-electron chi connectivity index (χ3n) is 0.414. The van der Waals surface area contributed by atoms with Crippen LogP contribution < -0.4 is 10.6 Å². The summed E-state index contributed by atoms with van der Waals surface area (Å²) in [5, 5.41) is 4.85. The van der Waals surface area contributed by atoms with Gasteiger partial charge < -0.3 is 10.6 Å². The molecule has 0 aromatic heterocycles. The highest BCUT2D eigenvalue weighted by Gasteiger charge is 1.71. The molecule has 0 rings (SSSR count). The Bertz CT molecular complexity index is 17.5. The largest absolute Gasteiger partial charge is 0.310 e. The lowest BCUT2D eigenvalue weighted by Crippen LogP contribution is -2.18. The molecule has 0 aliphatic carbocycles. The Kier molecular flexibility index (Phi) is 4.85. The summed E-state index contributed by atoms with van der Waals surface area (Å²) in [4.78, 5) is 0. The summed E-state index contributed by atoms with van der Waals surface area (Å²) < 4.78 is 0. The van der Waals surface area contributed by atoms with Crippen molar-refractivity contribution in [3.05, 3.63) is 14.1 Å². The molecule has 0 saturated heterocycles. The van der Waals surface area contributed by atoms with Crippen molar-refractivity contribution >= 4 is 0 Å². The first-order chi connectivity index (χ1) is 2.91. The van der Waals surface area contributed by atoms with Crippen LogP contribution in [0.2, 0.25) is 0 Å². The zero-order valence-corrected chi connectivity index (χ0v) is 3.57. The van der Waals surface area contributed by atoms with E-state index in [0.29, 0.717) is 13.1 Å². The Morgan fingerprint density at radius 2 is 1.33 bits per heavy atom. The highest BCUT2D eigenvalue weighted by atomic mass is 14.9. The van der Waals surface area contributed by atoms with Crippen molar-refractivity contribution in [2.75, 3.05) is 13.1 Å². The highest BCUT2D eigenvalue weighted by Crippen LogP contribution is 1.48. The van der Waals surface area contributed by atoms with E-state index < -0.39 is 0 Å². The molecule has 2 nitrogen and oxygen atoms in total. The van der Waals surface area contributed by atoms with E-state index in [1.54, 1.807) is 0 Å². The van der Waals surface area contributed by atoms with Gasteiger partial charge in [-0.15, -0.1) is 0 Å². The van der Waals surface area contributed by atoms with E-state index in [2.05, 4.69) is 10.6 Å². The molecule has 6 heavy (non-hydrogen) atoms. The van der Waals surface area contributed by atoms with Crippen LogP contribution in [0.15, 0.2) is 0 Å². The summed E-state index contributed by atoms with van der Waals surface area (Å²) in [6, 6.07) is 0. The first-order valence-electron chi connectivity index (χ1n) is 1.78. The molecule has 0 bridgehead atoms. The zero-order valence-electron chi connectivity index (χ0n) is 3.57. The maximum absolute atomic E-state index is 4.87. The van der Waals surface area contributed by atoms with Crippen LogP contribution in [-0.2, 0) is 0 Å². The molecule has 0 heterocycles. The fourth-order valence-electron chi connectivity index (χ4n) is 0.144. The van der Waals surface area contributed by atoms with E-state index in [1.807, 2.05) is 0 Å². The second-order valence-corrected chi connectivity index (χ2v) is 0.908. The van der Waals surface area contributed by atoms with E-state index >= 15 is 0 Å². The van der Waals surface area contributed by atoms with Crippen molar-refractivity contribution in [2.45, 2.75) is 0 Å². The van der Waals surface area contributed by atoms with Crippen molar-refractivity contribution in [3.63, 3.8) is 0 Å². The molecule has 0 aromatic carbocycles. The Hall–Kier alpha value is -0.0800. The summed E-state index contributed by atoms with van der Waals surface area (Å²) in [5.41, 5.74) is 0. The van der Waals surface area contributed by atoms with Crippen LogP contribution in [0.25, 0.3) is 0 Å². The van der Waals surface area contributed by atoms with Gasteiger partial charge in [0.2, 0.25) is 0 Å². The van der Waals surface area contributed by atoms with Crippen molar-refractivity contribution < 1.29 is 0 Å². The van der Waals surface area contributed by atoms with E-state index in [9.17, 15) is 0 Å². The van der Waals surface area contributed by atoms with E-state index in [1.165, 1.54) is 0 Å². The predicted molar refractivity (Wildman–Crippen MR) is 24.6 cm³/mol. The topological polar surface area (TPSA) is 24.1 Å². The Morgan fingerprint density at radius 1 is 1.00 bits per heavy atom. The van der Waals surface area contributed by atoms with Gasteiger partial charge in [0, 0.05) is 27.2 Å². The molecule has 0 aliphatic heterocycles. The van der Waals surface area contributed by atoms with Crippen molar-refractivity contribution in [1.29, 1.82) is 0 Å². The van der Waals surface area contributed by atoms with Crippen LogP contribution in [0.4, 0.5) is 0 Å². The molecular weight excluding hydrogens is 76.1 g/mol. The Balaban J connectivity index is 2.34. The van der Waals surface area contributed by atoms with E-state index in [0.717, 1.165) is 0 Å². The number of nitrogens with one attached hydrogen (secondary N) is 2. The molecule has 2 N–H and O–H groups in total. The smallest absolute Gasteiger partial charge is 0.0408 e. The summed E-state index contributed by atoms with van der Waals surface area (Å²) >= 11 is 0. The number of hydrogen-bond donors (Lipinski definition) is 2. The van der Waals surface area contributed by atoms with Gasteiger partial charge in [-0.1, -0.05) is 0 Å². The third kappa shape index (κ3) is 3.92. The fourth-order valence-corrected chi connectivity index (χ4v) is 0.144. The molecule has 0 atom stereocenters. The highest BCUT2D eigenvalue weighted by molar-refractivity contribution is 4.45. The molecule has 0 aromatic rings. The van der Waals surface area contributed by atoms with Crippen LogP contribution in [0.1, 0.15) is 0 Å². The second-order valence-electron chi connectivity index (χ2n) is 0.908. The van der Waals surface area contributed by atoms with Gasteiger partial charge in [0.25, 0.3) is 0 Å². The average Bonchev–Trinajstić information content (AvgIpc) is 1.61. The van der Waals surface area contributed by atoms with Gasteiger partial charge in [0.15, 0.2) is 0 Å². The van der Waals surface area contributed by atoms with Gasteiger partial charge in [-0.25, -0.2) is 0 Å². The quantitative estimate of drug-likeness (QED) is 0.356. The maximum atomic E-state index is 4.87. The Morgan fingerprint density at radius 3 is 1.50 bits per heavy atom. The number of hydrogen-bond acceptors (Lipinski definition) is 2. The second kappa shape index (κ2) is 4.92. The average molecular weight is 84.1 g/mol. The molecule has 0 spiro atoms. The van der Waals surface area contributed by atoms with Gasteiger partial charge in [-0.2, -0.15) is 0 Å². The molecule has 0 saturated carbocycles. The van der Waals surface area contributed by atoms with E-state index in [4.69, 9.17) is 14.1 Å². The third-order valence-corrected chi connectivity index (χ3v) is 0.414. The summed E-state index contributed by atoms with van der Waals surface area (Å²) in [6.45, 7) is 1.41. The molecular formula is C4H8N2. The normalized spacial score (nSPS) is 9.00. The van der Waals surface area contributed by atoms with Gasteiger partial charge in [0.1, 0.15) is 0 Å². The minimum atomic E-state index is 0.705. The van der Waals surface area contributed by atoms with Gasteiger partial charge >= 0.3 is 0 Å². The summed E-state index contributed by atoms with van der Waals surface area (Å²) in [7, 11) is 9.74. The van der Waals surface area contributed by atoms with Crippen molar-refractivity contribution in [1.82, 2.24) is 10.6 Å². The molecule has 0 aliphatic rings. The van der Waals surface area contributed by atoms with E-state index in [-0.39, 0.29) is 0 Å². The van der Waals surface area contributed by atoms with Crippen LogP contribution in [-0.4, -0.2) is 13.1 Å². The molecule has 4 radical (unpaired) electrons. The monoisotopic (exact) mass is 84.1 g/mol. The first kappa shape index (κ1) is 5.92. The van der Waals surface area contributed by atoms with Crippen molar-refractivity contribution in [3.8, 4) is 0 Å². The molecule has 0 amide bonds. The zero-order chi connectivity index (χ0) is 4.83. The van der Waals surface area contributed by atoms with Crippen LogP contribution >= 0.6 is 0 Å². The van der Waals surface area contributed by atoms with Crippen LogP contribution in [0, 0.1) is 14.1 Å². The maximum Gasteiger partial charge on any atom is 0.0408 e. The van der Waals surface area contributed by atoms with Gasteiger partial charge in [0.05, 0.1) is 0 Å². The molecule has 0 unspecified atom stereocenters. The lowest BCUT2D eigenvalue weighted by atomic mass is 10.6. The minimum Gasteiger partial charge on any atom is -0.310 e. The van der Waals surface area contributed by atoms with Crippen LogP contribution in [0.3, 0.4) is 0 Å². The van der Waals surface area contributed by atoms with Crippen LogP contribution in [0.5, 0.6) is 0 Å². The summed E-state index contributed by atoms with van der Waals surface area (Å²) in [6.07, 6.45) is 0. The van der Waals surface area contributed by atoms with Gasteiger partial charge in [-0.3, -0.25) is 0 Å². The molecule has 0 fully saturated rings.